The van der Waals surface area contributed by atoms with Gasteiger partial charge in [-0.3, -0.25) is 10.1 Å². The molecule has 4 rings (SSSR count). The molecule has 0 spiro atoms. The van der Waals surface area contributed by atoms with Gasteiger partial charge in [-0.25, -0.2) is 9.78 Å². The molecule has 3 aromatic carbocycles. The van der Waals surface area contributed by atoms with Gasteiger partial charge >= 0.3 is 6.03 Å². The summed E-state index contributed by atoms with van der Waals surface area (Å²) in [5.41, 5.74) is 7.46. The van der Waals surface area contributed by atoms with Gasteiger partial charge in [0.25, 0.3) is 0 Å². The number of primary amides is 1. The number of hydrogen-bond acceptors (Lipinski definition) is 4. The molecule has 0 saturated carbocycles. The normalized spacial score (nSPS) is 11.3. The highest BCUT2D eigenvalue weighted by atomic mass is 32.1. The molecule has 0 aliphatic rings. The number of urea groups is 1. The minimum atomic E-state index is -0.793. The third kappa shape index (κ3) is 4.59. The smallest absolute Gasteiger partial charge is 0.324 e. The van der Waals surface area contributed by atoms with Gasteiger partial charge in [0.05, 0.1) is 15.8 Å². The zero-order chi connectivity index (χ0) is 23.3. The number of anilines is 1. The molecule has 3 amide bonds. The van der Waals surface area contributed by atoms with Crippen molar-refractivity contribution in [2.45, 2.75) is 25.3 Å². The van der Waals surface area contributed by atoms with Gasteiger partial charge in [-0.15, -0.1) is 0 Å². The molecule has 6 nitrogen and oxygen atoms in total. The lowest BCUT2D eigenvalue weighted by Crippen LogP contribution is -2.52. The Balaban J connectivity index is 1.80. The second-order valence-corrected chi connectivity index (χ2v) is 8.76. The SMILES string of the molecule is CCC(c1ccccc1)(c1ccccc1)N(CCC(N)=O)C(=O)Nc1nc2ccccc2s1. The van der Waals surface area contributed by atoms with E-state index < -0.39 is 11.4 Å². The first-order valence-corrected chi connectivity index (χ1v) is 11.7. The Morgan fingerprint density at radius 3 is 2.06 bits per heavy atom. The Bertz CT molecular complexity index is 1170. The lowest BCUT2D eigenvalue weighted by atomic mass is 9.79. The first-order chi connectivity index (χ1) is 16.0. The third-order valence-corrected chi connectivity index (χ3v) is 6.76. The van der Waals surface area contributed by atoms with Crippen LogP contribution in [-0.2, 0) is 10.3 Å². The molecule has 7 heteroatoms. The number of fused-ring (bicyclic) bond motifs is 1. The molecular formula is C26H26N4O2S. The summed E-state index contributed by atoms with van der Waals surface area (Å²) in [6.07, 6.45) is 0.654. The highest BCUT2D eigenvalue weighted by molar-refractivity contribution is 7.22. The molecule has 168 valence electrons. The van der Waals surface area contributed by atoms with Crippen LogP contribution in [0.25, 0.3) is 10.2 Å². The maximum Gasteiger partial charge on any atom is 0.324 e. The summed E-state index contributed by atoms with van der Waals surface area (Å²) in [5, 5.41) is 3.49. The number of carbonyl (C=O) groups excluding carboxylic acids is 2. The largest absolute Gasteiger partial charge is 0.370 e. The Morgan fingerprint density at radius 1 is 0.939 bits per heavy atom. The third-order valence-electron chi connectivity index (χ3n) is 5.81. The quantitative estimate of drug-likeness (QED) is 0.373. The van der Waals surface area contributed by atoms with E-state index in [1.54, 1.807) is 4.90 Å². The highest BCUT2D eigenvalue weighted by Crippen LogP contribution is 2.40. The number of hydrogen-bond donors (Lipinski definition) is 2. The molecule has 0 aliphatic heterocycles. The standard InChI is InChI=1S/C26H26N4O2S/c1-2-26(19-11-5-3-6-12-19,20-13-7-4-8-14-20)30(18-17-23(27)31)25(32)29-24-28-21-15-9-10-16-22(21)33-24/h3-16H,2,17-18H2,1H3,(H2,27,31)(H,28,29,32). The van der Waals surface area contributed by atoms with Gasteiger partial charge in [-0.1, -0.05) is 91.1 Å². The van der Waals surface area contributed by atoms with Crippen LogP contribution in [0.15, 0.2) is 84.9 Å². The minimum absolute atomic E-state index is 0.0503. The number of aromatic nitrogens is 1. The molecule has 0 unspecified atom stereocenters. The highest BCUT2D eigenvalue weighted by Gasteiger charge is 2.41. The fourth-order valence-electron chi connectivity index (χ4n) is 4.28. The molecule has 1 aromatic heterocycles. The van der Waals surface area contributed by atoms with E-state index in [1.165, 1.54) is 11.3 Å². The van der Waals surface area contributed by atoms with Gasteiger partial charge in [0.1, 0.15) is 0 Å². The average molecular weight is 459 g/mol. The number of amides is 3. The summed E-state index contributed by atoms with van der Waals surface area (Å²) in [4.78, 5) is 31.8. The van der Waals surface area contributed by atoms with Gasteiger partial charge in [0, 0.05) is 13.0 Å². The number of benzene rings is 3. The molecule has 33 heavy (non-hydrogen) atoms. The Morgan fingerprint density at radius 2 is 1.52 bits per heavy atom. The van der Waals surface area contributed by atoms with E-state index in [1.807, 2.05) is 91.9 Å². The van der Waals surface area contributed by atoms with Gasteiger partial charge in [0.2, 0.25) is 5.91 Å². The summed E-state index contributed by atoms with van der Waals surface area (Å²) in [6.45, 7) is 2.21. The van der Waals surface area contributed by atoms with Gasteiger partial charge in [-0.2, -0.15) is 0 Å². The van der Waals surface area contributed by atoms with Crippen molar-refractivity contribution >= 4 is 38.6 Å². The van der Waals surface area contributed by atoms with Crippen LogP contribution in [0.5, 0.6) is 0 Å². The zero-order valence-corrected chi connectivity index (χ0v) is 19.2. The monoisotopic (exact) mass is 458 g/mol. The van der Waals surface area contributed by atoms with Gasteiger partial charge in [-0.05, 0) is 29.7 Å². The lowest BCUT2D eigenvalue weighted by molar-refractivity contribution is -0.118. The summed E-state index contributed by atoms with van der Waals surface area (Å²) in [6, 6.07) is 27.2. The molecule has 0 atom stereocenters. The molecule has 0 saturated heterocycles. The fraction of sp³-hybridized carbons (Fsp3) is 0.192. The topological polar surface area (TPSA) is 88.3 Å². The molecule has 0 fully saturated rings. The van der Waals surface area contributed by atoms with E-state index in [-0.39, 0.29) is 19.0 Å². The van der Waals surface area contributed by atoms with Crippen molar-refractivity contribution < 1.29 is 9.59 Å². The van der Waals surface area contributed by atoms with Crippen LogP contribution in [0.4, 0.5) is 9.93 Å². The molecule has 0 aliphatic carbocycles. The maximum atomic E-state index is 13.8. The number of carbonyl (C=O) groups is 2. The predicted octanol–water partition coefficient (Wildman–Crippen LogP) is 5.36. The van der Waals surface area contributed by atoms with E-state index >= 15 is 0 Å². The molecule has 4 aromatic rings. The van der Waals surface area contributed by atoms with E-state index in [4.69, 9.17) is 5.73 Å². The van der Waals surface area contributed by atoms with Crippen LogP contribution in [0, 0.1) is 0 Å². The Hall–Kier alpha value is -3.71. The van der Waals surface area contributed by atoms with E-state index in [2.05, 4.69) is 10.3 Å². The maximum absolute atomic E-state index is 13.8. The zero-order valence-electron chi connectivity index (χ0n) is 18.4. The summed E-state index contributed by atoms with van der Waals surface area (Å²) < 4.78 is 0.990. The molecule has 0 bridgehead atoms. The van der Waals surface area contributed by atoms with E-state index in [0.29, 0.717) is 11.6 Å². The van der Waals surface area contributed by atoms with Crippen molar-refractivity contribution in [1.29, 1.82) is 0 Å². The van der Waals surface area contributed by atoms with Crippen LogP contribution in [0.1, 0.15) is 30.9 Å². The van der Waals surface area contributed by atoms with E-state index in [0.717, 1.165) is 21.3 Å². The summed E-state index contributed by atoms with van der Waals surface area (Å²) in [7, 11) is 0. The van der Waals surface area contributed by atoms with Crippen molar-refractivity contribution in [2.24, 2.45) is 5.73 Å². The summed E-state index contributed by atoms with van der Waals surface area (Å²) >= 11 is 1.42. The number of thiazole rings is 1. The first kappa shape index (κ1) is 22.5. The number of nitrogens with two attached hydrogens (primary N) is 1. The van der Waals surface area contributed by atoms with Crippen LogP contribution >= 0.6 is 11.3 Å². The van der Waals surface area contributed by atoms with E-state index in [9.17, 15) is 9.59 Å². The number of nitrogens with one attached hydrogen (secondary N) is 1. The second-order valence-electron chi connectivity index (χ2n) is 7.73. The van der Waals surface area contributed by atoms with Crippen molar-refractivity contribution in [3.8, 4) is 0 Å². The van der Waals surface area contributed by atoms with Crippen molar-refractivity contribution in [3.63, 3.8) is 0 Å². The van der Waals surface area contributed by atoms with Crippen LogP contribution in [0.3, 0.4) is 0 Å². The molecule has 0 radical (unpaired) electrons. The van der Waals surface area contributed by atoms with Crippen molar-refractivity contribution in [3.05, 3.63) is 96.1 Å². The first-order valence-electron chi connectivity index (χ1n) is 10.9. The number of nitrogens with zero attached hydrogens (tertiary/aromatic N) is 2. The van der Waals surface area contributed by atoms with Crippen molar-refractivity contribution in [2.75, 3.05) is 11.9 Å². The number of para-hydroxylation sites is 1. The van der Waals surface area contributed by atoms with Gasteiger partial charge in [0.15, 0.2) is 5.13 Å². The average Bonchev–Trinajstić information content (AvgIpc) is 3.25. The molecular weight excluding hydrogens is 432 g/mol. The lowest BCUT2D eigenvalue weighted by Gasteiger charge is -2.44. The molecule has 3 N–H and O–H groups in total. The molecule has 1 heterocycles. The Kier molecular flexibility index (Phi) is 6.70. The van der Waals surface area contributed by atoms with Crippen LogP contribution < -0.4 is 11.1 Å². The fourth-order valence-corrected chi connectivity index (χ4v) is 5.13. The van der Waals surface area contributed by atoms with Crippen LogP contribution in [-0.4, -0.2) is 28.4 Å². The van der Waals surface area contributed by atoms with Crippen molar-refractivity contribution in [1.82, 2.24) is 9.88 Å². The van der Waals surface area contributed by atoms with Crippen LogP contribution in [0.2, 0.25) is 0 Å². The second kappa shape index (κ2) is 9.83. The minimum Gasteiger partial charge on any atom is -0.370 e. The number of rotatable bonds is 8. The summed E-state index contributed by atoms with van der Waals surface area (Å²) in [5.74, 6) is -0.459. The Labute approximate surface area is 197 Å². The van der Waals surface area contributed by atoms with Gasteiger partial charge < -0.3 is 10.6 Å². The predicted molar refractivity (Wildman–Crippen MR) is 133 cm³/mol.